The Morgan fingerprint density at radius 1 is 1.24 bits per heavy atom. The highest BCUT2D eigenvalue weighted by Gasteiger charge is 2.28. The third-order valence-electron chi connectivity index (χ3n) is 4.13. The summed E-state index contributed by atoms with van der Waals surface area (Å²) in [5, 5.41) is 4.11. The molecule has 3 nitrogen and oxygen atoms in total. The number of halogens is 2. The van der Waals surface area contributed by atoms with Gasteiger partial charge in [-0.05, 0) is 49.9 Å². The van der Waals surface area contributed by atoms with Gasteiger partial charge in [-0.3, -0.25) is 0 Å². The molecule has 0 heterocycles. The summed E-state index contributed by atoms with van der Waals surface area (Å²) >= 11 is 11.7. The molecule has 21 heavy (non-hydrogen) atoms. The second-order valence-electron chi connectivity index (χ2n) is 5.54. The van der Waals surface area contributed by atoms with E-state index in [-0.39, 0.29) is 15.7 Å². The lowest BCUT2D eigenvalue weighted by molar-refractivity contribution is 0.398. The molecule has 0 radical (unpaired) electrons. The Morgan fingerprint density at radius 3 is 2.67 bits per heavy atom. The summed E-state index contributed by atoms with van der Waals surface area (Å²) in [4.78, 5) is 0.259. The minimum atomic E-state index is -3.30. The molecule has 2 rings (SSSR count). The average molecular weight is 350 g/mol. The number of hydrogen-bond donors (Lipinski definition) is 1. The molecule has 0 amide bonds. The highest BCUT2D eigenvalue weighted by Crippen LogP contribution is 2.30. The fourth-order valence-electron chi connectivity index (χ4n) is 3.01. The first-order chi connectivity index (χ1) is 9.94. The maximum atomic E-state index is 12.4. The molecule has 1 aliphatic carbocycles. The smallest absolute Gasteiger partial charge is 0.178 e. The van der Waals surface area contributed by atoms with E-state index in [0.29, 0.717) is 23.4 Å². The van der Waals surface area contributed by atoms with Gasteiger partial charge in [0.2, 0.25) is 0 Å². The molecular weight excluding hydrogens is 329 g/mol. The second-order valence-corrected chi connectivity index (χ2v) is 8.46. The molecule has 0 spiro atoms. The minimum absolute atomic E-state index is 0.164. The predicted molar refractivity (Wildman–Crippen MR) is 87.9 cm³/mol. The molecular formula is C15H21Cl2NO2S. The molecule has 0 bridgehead atoms. The summed E-state index contributed by atoms with van der Waals surface area (Å²) < 4.78 is 24.8. The highest BCUT2D eigenvalue weighted by molar-refractivity contribution is 7.91. The molecule has 1 aromatic carbocycles. The van der Waals surface area contributed by atoms with Crippen molar-refractivity contribution in [3.63, 3.8) is 0 Å². The van der Waals surface area contributed by atoms with Gasteiger partial charge in [-0.2, -0.15) is 0 Å². The first-order valence-electron chi connectivity index (χ1n) is 7.35. The van der Waals surface area contributed by atoms with E-state index < -0.39 is 9.84 Å². The Bertz CT molecular complexity index is 589. The Hall–Kier alpha value is -0.290. The van der Waals surface area contributed by atoms with Crippen molar-refractivity contribution < 1.29 is 8.42 Å². The van der Waals surface area contributed by atoms with Gasteiger partial charge in [-0.1, -0.05) is 36.5 Å². The monoisotopic (exact) mass is 349 g/mol. The van der Waals surface area contributed by atoms with Gasteiger partial charge in [0.05, 0.1) is 20.7 Å². The highest BCUT2D eigenvalue weighted by atomic mass is 35.5. The van der Waals surface area contributed by atoms with Crippen molar-refractivity contribution in [2.75, 3.05) is 12.3 Å². The molecule has 0 aliphatic heterocycles. The van der Waals surface area contributed by atoms with Crippen LogP contribution in [-0.2, 0) is 9.84 Å². The van der Waals surface area contributed by atoms with Crippen LogP contribution in [-0.4, -0.2) is 26.8 Å². The summed E-state index contributed by atoms with van der Waals surface area (Å²) in [6.07, 6.45) is 4.12. The van der Waals surface area contributed by atoms with Crippen LogP contribution >= 0.6 is 23.2 Å². The first-order valence-corrected chi connectivity index (χ1v) is 9.76. The zero-order chi connectivity index (χ0) is 15.5. The van der Waals surface area contributed by atoms with Crippen LogP contribution in [0.15, 0.2) is 23.1 Å². The second kappa shape index (κ2) is 7.32. The fourth-order valence-corrected chi connectivity index (χ4v) is 4.79. The quantitative estimate of drug-likeness (QED) is 0.845. The molecule has 118 valence electrons. The minimum Gasteiger partial charge on any atom is -0.314 e. The van der Waals surface area contributed by atoms with Crippen LogP contribution in [0.2, 0.25) is 10.0 Å². The van der Waals surface area contributed by atoms with Crippen molar-refractivity contribution in [2.24, 2.45) is 5.92 Å². The van der Waals surface area contributed by atoms with Gasteiger partial charge in [0.25, 0.3) is 0 Å². The molecule has 1 aromatic rings. The van der Waals surface area contributed by atoms with Gasteiger partial charge >= 0.3 is 0 Å². The van der Waals surface area contributed by atoms with Crippen molar-refractivity contribution in [3.8, 4) is 0 Å². The molecule has 1 N–H and O–H groups in total. The van der Waals surface area contributed by atoms with Gasteiger partial charge in [-0.25, -0.2) is 8.42 Å². The Labute approximate surface area is 136 Å². The van der Waals surface area contributed by atoms with Crippen molar-refractivity contribution in [1.82, 2.24) is 5.32 Å². The predicted octanol–water partition coefficient (Wildman–Crippen LogP) is 3.94. The van der Waals surface area contributed by atoms with E-state index in [1.54, 1.807) is 0 Å². The van der Waals surface area contributed by atoms with Crippen molar-refractivity contribution in [3.05, 3.63) is 28.2 Å². The third-order valence-corrected chi connectivity index (χ3v) is 6.62. The number of benzene rings is 1. The lowest BCUT2D eigenvalue weighted by Crippen LogP contribution is -2.33. The molecule has 1 aliphatic rings. The summed E-state index contributed by atoms with van der Waals surface area (Å²) in [5.41, 5.74) is 0. The van der Waals surface area contributed by atoms with Crippen molar-refractivity contribution in [1.29, 1.82) is 0 Å². The standard InChI is InChI=1S/C15H21Cl2NO2S/c1-2-18-15-5-3-4-11(15)8-9-21(19,20)12-6-7-13(16)14(17)10-12/h6-7,10-11,15,18H,2-5,8-9H2,1H3. The van der Waals surface area contributed by atoms with E-state index in [9.17, 15) is 8.42 Å². The van der Waals surface area contributed by atoms with E-state index in [0.717, 1.165) is 19.4 Å². The summed E-state index contributed by atoms with van der Waals surface area (Å²) in [6, 6.07) is 4.96. The molecule has 2 unspecified atom stereocenters. The summed E-state index contributed by atoms with van der Waals surface area (Å²) in [5.74, 6) is 0.611. The zero-order valence-corrected chi connectivity index (χ0v) is 14.4. The molecule has 0 aromatic heterocycles. The van der Waals surface area contributed by atoms with Gasteiger partial charge < -0.3 is 5.32 Å². The average Bonchev–Trinajstić information content (AvgIpc) is 2.87. The lowest BCUT2D eigenvalue weighted by Gasteiger charge is -2.20. The molecule has 6 heteroatoms. The van der Waals surface area contributed by atoms with Crippen LogP contribution in [0.5, 0.6) is 0 Å². The fraction of sp³-hybridized carbons (Fsp3) is 0.600. The van der Waals surface area contributed by atoms with Gasteiger partial charge in [-0.15, -0.1) is 0 Å². The first kappa shape index (κ1) is 17.1. The summed E-state index contributed by atoms with van der Waals surface area (Å²) in [6.45, 7) is 3.02. The van der Waals surface area contributed by atoms with Crippen LogP contribution in [0.3, 0.4) is 0 Å². The third kappa shape index (κ3) is 4.35. The number of rotatable bonds is 6. The maximum Gasteiger partial charge on any atom is 0.178 e. The summed E-state index contributed by atoms with van der Waals surface area (Å²) in [7, 11) is -3.30. The van der Waals surface area contributed by atoms with Gasteiger partial charge in [0, 0.05) is 6.04 Å². The van der Waals surface area contributed by atoms with Crippen LogP contribution < -0.4 is 5.32 Å². The number of nitrogens with one attached hydrogen (secondary N) is 1. The Kier molecular flexibility index (Phi) is 5.95. The topological polar surface area (TPSA) is 46.2 Å². The number of sulfone groups is 1. The van der Waals surface area contributed by atoms with Gasteiger partial charge in [0.15, 0.2) is 9.84 Å². The number of hydrogen-bond acceptors (Lipinski definition) is 3. The zero-order valence-electron chi connectivity index (χ0n) is 12.1. The molecule has 1 saturated carbocycles. The SMILES string of the molecule is CCNC1CCCC1CCS(=O)(=O)c1ccc(Cl)c(Cl)c1. The lowest BCUT2D eigenvalue weighted by atomic mass is 10.0. The van der Waals surface area contributed by atoms with Crippen LogP contribution in [0.25, 0.3) is 0 Å². The van der Waals surface area contributed by atoms with E-state index in [2.05, 4.69) is 12.2 Å². The molecule has 1 fully saturated rings. The van der Waals surface area contributed by atoms with Crippen LogP contribution in [0.4, 0.5) is 0 Å². The van der Waals surface area contributed by atoms with Crippen molar-refractivity contribution >= 4 is 33.0 Å². The van der Waals surface area contributed by atoms with Crippen LogP contribution in [0.1, 0.15) is 32.6 Å². The Balaban J connectivity index is 2.02. The Morgan fingerprint density at radius 2 is 2.00 bits per heavy atom. The largest absolute Gasteiger partial charge is 0.314 e. The van der Waals surface area contributed by atoms with E-state index in [4.69, 9.17) is 23.2 Å². The van der Waals surface area contributed by atoms with E-state index in [1.807, 2.05) is 0 Å². The van der Waals surface area contributed by atoms with E-state index in [1.165, 1.54) is 24.6 Å². The van der Waals surface area contributed by atoms with Crippen LogP contribution in [0, 0.1) is 5.92 Å². The maximum absolute atomic E-state index is 12.4. The van der Waals surface area contributed by atoms with Crippen molar-refractivity contribution in [2.45, 2.75) is 43.5 Å². The van der Waals surface area contributed by atoms with Gasteiger partial charge in [0.1, 0.15) is 0 Å². The molecule has 0 saturated heterocycles. The normalized spacial score (nSPS) is 22.6. The van der Waals surface area contributed by atoms with E-state index >= 15 is 0 Å². The molecule has 2 atom stereocenters.